The van der Waals surface area contributed by atoms with Crippen LogP contribution in [0.2, 0.25) is 0 Å². The highest BCUT2D eigenvalue weighted by atomic mass is 16.3. The van der Waals surface area contributed by atoms with Crippen molar-refractivity contribution in [3.63, 3.8) is 0 Å². The maximum atomic E-state index is 11.8. The Balaban J connectivity index is 2.67. The van der Waals surface area contributed by atoms with Gasteiger partial charge >= 0.3 is 0 Å². The van der Waals surface area contributed by atoms with Crippen molar-refractivity contribution >= 4 is 17.9 Å². The Labute approximate surface area is 118 Å². The number of carbonyl (C=O) groups is 2. The number of hydrogen-bond donors (Lipinski definition) is 2. The number of benzene rings is 1. The van der Waals surface area contributed by atoms with Crippen molar-refractivity contribution in [1.82, 2.24) is 4.90 Å². The molecule has 0 atom stereocenters. The normalized spacial score (nSPS) is 11.6. The Morgan fingerprint density at radius 2 is 1.85 bits per heavy atom. The van der Waals surface area contributed by atoms with Crippen molar-refractivity contribution < 1.29 is 14.7 Å². The smallest absolute Gasteiger partial charge is 0.248 e. The second-order valence-electron chi connectivity index (χ2n) is 5.33. The topological polar surface area (TPSA) is 83.6 Å². The molecule has 108 valence electrons. The van der Waals surface area contributed by atoms with Gasteiger partial charge in [0.25, 0.3) is 0 Å². The maximum Gasteiger partial charge on any atom is 0.248 e. The summed E-state index contributed by atoms with van der Waals surface area (Å²) in [6.07, 6.45) is 3.07. The molecular formula is C15H20N2O3. The van der Waals surface area contributed by atoms with Crippen LogP contribution < -0.4 is 5.73 Å². The van der Waals surface area contributed by atoms with Gasteiger partial charge in [-0.05, 0) is 37.6 Å². The van der Waals surface area contributed by atoms with Crippen LogP contribution in [0.1, 0.15) is 29.8 Å². The highest BCUT2D eigenvalue weighted by molar-refractivity contribution is 5.94. The number of hydrogen-bond acceptors (Lipinski definition) is 3. The average molecular weight is 276 g/mol. The first-order valence-corrected chi connectivity index (χ1v) is 6.24. The Kier molecular flexibility index (Phi) is 5.05. The first-order valence-electron chi connectivity index (χ1n) is 6.24. The largest absolute Gasteiger partial charge is 0.389 e. The average Bonchev–Trinajstić information content (AvgIpc) is 2.34. The van der Waals surface area contributed by atoms with Gasteiger partial charge in [-0.1, -0.05) is 12.1 Å². The van der Waals surface area contributed by atoms with Gasteiger partial charge in [0.15, 0.2) is 0 Å². The molecule has 0 saturated heterocycles. The van der Waals surface area contributed by atoms with E-state index in [4.69, 9.17) is 5.73 Å². The molecule has 0 saturated carbocycles. The molecule has 1 aromatic carbocycles. The van der Waals surface area contributed by atoms with Gasteiger partial charge in [0.05, 0.1) is 5.60 Å². The van der Waals surface area contributed by atoms with Crippen LogP contribution in [0, 0.1) is 0 Å². The zero-order valence-corrected chi connectivity index (χ0v) is 12.0. The predicted molar refractivity (Wildman–Crippen MR) is 77.9 cm³/mol. The molecule has 0 spiro atoms. The minimum absolute atomic E-state index is 0.203. The number of rotatable bonds is 5. The highest BCUT2D eigenvalue weighted by Gasteiger charge is 2.17. The maximum absolute atomic E-state index is 11.8. The molecule has 1 rings (SSSR count). The zero-order valence-electron chi connectivity index (χ0n) is 12.0. The van der Waals surface area contributed by atoms with Gasteiger partial charge < -0.3 is 15.7 Å². The Bertz CT molecular complexity index is 513. The lowest BCUT2D eigenvalue weighted by atomic mass is 10.1. The van der Waals surface area contributed by atoms with Crippen molar-refractivity contribution in [3.05, 3.63) is 41.5 Å². The van der Waals surface area contributed by atoms with E-state index in [0.29, 0.717) is 5.56 Å². The lowest BCUT2D eigenvalue weighted by Gasteiger charge is -2.24. The van der Waals surface area contributed by atoms with Crippen molar-refractivity contribution in [1.29, 1.82) is 0 Å². The summed E-state index contributed by atoms with van der Waals surface area (Å²) in [6, 6.07) is 6.62. The quantitative estimate of drug-likeness (QED) is 0.788. The molecule has 5 heteroatoms. The summed E-state index contributed by atoms with van der Waals surface area (Å²) in [6.45, 7) is 3.53. The van der Waals surface area contributed by atoms with E-state index >= 15 is 0 Å². The van der Waals surface area contributed by atoms with E-state index in [1.807, 2.05) is 0 Å². The van der Waals surface area contributed by atoms with Crippen LogP contribution in [-0.2, 0) is 4.79 Å². The third-order valence-electron chi connectivity index (χ3n) is 2.61. The van der Waals surface area contributed by atoms with Gasteiger partial charge in [0.2, 0.25) is 11.8 Å². The summed E-state index contributed by atoms with van der Waals surface area (Å²) >= 11 is 0. The van der Waals surface area contributed by atoms with E-state index in [2.05, 4.69) is 0 Å². The van der Waals surface area contributed by atoms with Crippen LogP contribution in [0.4, 0.5) is 0 Å². The molecule has 0 bridgehead atoms. The monoisotopic (exact) mass is 276 g/mol. The van der Waals surface area contributed by atoms with E-state index < -0.39 is 11.5 Å². The van der Waals surface area contributed by atoms with E-state index in [1.54, 1.807) is 51.2 Å². The first-order chi connectivity index (χ1) is 9.19. The second kappa shape index (κ2) is 6.34. The third-order valence-corrected chi connectivity index (χ3v) is 2.61. The summed E-state index contributed by atoms with van der Waals surface area (Å²) in [5.41, 5.74) is 5.43. The molecule has 0 aromatic heterocycles. The molecule has 20 heavy (non-hydrogen) atoms. The second-order valence-corrected chi connectivity index (χ2v) is 5.33. The molecule has 0 radical (unpaired) electrons. The van der Waals surface area contributed by atoms with Crippen molar-refractivity contribution in [2.45, 2.75) is 19.4 Å². The van der Waals surface area contributed by atoms with E-state index in [-0.39, 0.29) is 12.5 Å². The van der Waals surface area contributed by atoms with Crippen molar-refractivity contribution in [2.24, 2.45) is 5.73 Å². The van der Waals surface area contributed by atoms with E-state index in [9.17, 15) is 14.7 Å². The van der Waals surface area contributed by atoms with Crippen LogP contribution in [-0.4, -0.2) is 41.0 Å². The standard InChI is InChI=1S/C15H20N2O3/c1-15(2,20)10-17(3)13(18)9-6-11-4-7-12(8-5-11)14(16)19/h4-9,20H,10H2,1-3H3,(H2,16,19). The molecular weight excluding hydrogens is 256 g/mol. The summed E-state index contributed by atoms with van der Waals surface area (Å²) in [7, 11) is 1.63. The summed E-state index contributed by atoms with van der Waals surface area (Å²) < 4.78 is 0. The van der Waals surface area contributed by atoms with Gasteiger partial charge in [-0.25, -0.2) is 0 Å². The Morgan fingerprint density at radius 1 is 1.30 bits per heavy atom. The fraction of sp³-hybridized carbons (Fsp3) is 0.333. The molecule has 0 aliphatic heterocycles. The molecule has 0 heterocycles. The van der Waals surface area contributed by atoms with Gasteiger partial charge in [-0.3, -0.25) is 9.59 Å². The molecule has 0 fully saturated rings. The minimum Gasteiger partial charge on any atom is -0.389 e. The van der Waals surface area contributed by atoms with Gasteiger partial charge in [0, 0.05) is 25.2 Å². The Hall–Kier alpha value is -2.14. The number of aliphatic hydroxyl groups is 1. The van der Waals surface area contributed by atoms with Crippen LogP contribution >= 0.6 is 0 Å². The number of nitrogens with zero attached hydrogens (tertiary/aromatic N) is 1. The summed E-state index contributed by atoms with van der Waals surface area (Å²) in [4.78, 5) is 24.2. The fourth-order valence-electron chi connectivity index (χ4n) is 1.71. The lowest BCUT2D eigenvalue weighted by Crippen LogP contribution is -2.38. The number of carbonyl (C=O) groups excluding carboxylic acids is 2. The number of amides is 2. The van der Waals surface area contributed by atoms with Gasteiger partial charge in [0.1, 0.15) is 0 Å². The van der Waals surface area contributed by atoms with Crippen LogP contribution in [0.25, 0.3) is 6.08 Å². The van der Waals surface area contributed by atoms with Crippen LogP contribution in [0.3, 0.4) is 0 Å². The SMILES string of the molecule is CN(CC(C)(C)O)C(=O)C=Cc1ccc(C(N)=O)cc1. The predicted octanol–water partition coefficient (Wildman–Crippen LogP) is 1.03. The number of primary amides is 1. The van der Waals surface area contributed by atoms with Gasteiger partial charge in [-0.2, -0.15) is 0 Å². The highest BCUT2D eigenvalue weighted by Crippen LogP contribution is 2.07. The van der Waals surface area contributed by atoms with E-state index in [0.717, 1.165) is 5.56 Å². The number of nitrogens with two attached hydrogens (primary N) is 1. The molecule has 0 unspecified atom stereocenters. The lowest BCUT2D eigenvalue weighted by molar-refractivity contribution is -0.127. The van der Waals surface area contributed by atoms with Crippen molar-refractivity contribution in [2.75, 3.05) is 13.6 Å². The third kappa shape index (κ3) is 5.24. The van der Waals surface area contributed by atoms with Crippen molar-refractivity contribution in [3.8, 4) is 0 Å². The summed E-state index contributed by atoms with van der Waals surface area (Å²) in [5.74, 6) is -0.687. The first kappa shape index (κ1) is 15.9. The fourth-order valence-corrected chi connectivity index (χ4v) is 1.71. The molecule has 1 aromatic rings. The van der Waals surface area contributed by atoms with Crippen LogP contribution in [0.15, 0.2) is 30.3 Å². The Morgan fingerprint density at radius 3 is 2.30 bits per heavy atom. The van der Waals surface area contributed by atoms with Crippen LogP contribution in [0.5, 0.6) is 0 Å². The molecule has 3 N–H and O–H groups in total. The zero-order chi connectivity index (χ0) is 15.3. The summed E-state index contributed by atoms with van der Waals surface area (Å²) in [5, 5.41) is 9.64. The molecule has 2 amide bonds. The minimum atomic E-state index is -0.929. The van der Waals surface area contributed by atoms with E-state index in [1.165, 1.54) is 11.0 Å². The molecule has 0 aliphatic carbocycles. The molecule has 5 nitrogen and oxygen atoms in total. The molecule has 0 aliphatic rings. The number of likely N-dealkylation sites (N-methyl/N-ethyl adjacent to an activating group) is 1. The van der Waals surface area contributed by atoms with Gasteiger partial charge in [-0.15, -0.1) is 0 Å².